The highest BCUT2D eigenvalue weighted by Gasteiger charge is 2.38. The molecule has 58 heavy (non-hydrogen) atoms. The molecule has 0 aliphatic heterocycles. The molecule has 10 aromatic rings. The Morgan fingerprint density at radius 3 is 1.60 bits per heavy atom. The number of hydrogen-bond acceptors (Lipinski definition) is 3. The second-order valence-electron chi connectivity index (χ2n) is 15.7. The van der Waals surface area contributed by atoms with Gasteiger partial charge in [-0.05, 0) is 99.1 Å². The topological polar surface area (TPSA) is 43.6 Å². The monoisotopic (exact) mass is 742 g/mol. The summed E-state index contributed by atoms with van der Waals surface area (Å²) in [6, 6.07) is 69.0. The maximum atomic E-state index is 5.42. The first-order chi connectivity index (χ1) is 28.5. The van der Waals surface area contributed by atoms with E-state index in [-0.39, 0.29) is 5.41 Å². The Morgan fingerprint density at radius 2 is 0.897 bits per heavy atom. The molecule has 0 atom stereocenters. The summed E-state index contributed by atoms with van der Waals surface area (Å²) in [5, 5.41) is 2.33. The lowest BCUT2D eigenvalue weighted by atomic mass is 9.80. The van der Waals surface area contributed by atoms with Crippen molar-refractivity contribution in [1.82, 2.24) is 19.5 Å². The van der Waals surface area contributed by atoms with Crippen LogP contribution in [0.15, 0.2) is 194 Å². The predicted molar refractivity (Wildman–Crippen MR) is 239 cm³/mol. The molecule has 2 aromatic heterocycles. The van der Waals surface area contributed by atoms with Crippen LogP contribution in [0.25, 0.3) is 95.0 Å². The van der Waals surface area contributed by atoms with E-state index in [1.807, 2.05) is 18.2 Å². The standard InChI is InChI=1S/C54H38N4/c1-54(2)46-33-38(35-17-7-3-8-18-35)27-29-43(46)50-45(32-40(34-47(50)54)36-19-9-4-10-20-36)53-56-51(37-21-11-5-12-22-37)55-52(57-53)39-28-30-49-44(31-39)42-25-15-16-26-48(42)58(49)41-23-13-6-14-24-41/h3-34H,1-2H3. The highest BCUT2D eigenvalue weighted by Crippen LogP contribution is 2.54. The van der Waals surface area contributed by atoms with Gasteiger partial charge in [0.2, 0.25) is 0 Å². The van der Waals surface area contributed by atoms with E-state index in [0.717, 1.165) is 49.9 Å². The lowest BCUT2D eigenvalue weighted by Gasteiger charge is -2.23. The van der Waals surface area contributed by atoms with Crippen molar-refractivity contribution in [3.63, 3.8) is 0 Å². The van der Waals surface area contributed by atoms with Gasteiger partial charge in [0.05, 0.1) is 11.0 Å². The third-order valence-electron chi connectivity index (χ3n) is 11.8. The minimum atomic E-state index is -0.273. The normalized spacial score (nSPS) is 12.8. The molecule has 4 nitrogen and oxygen atoms in total. The van der Waals surface area contributed by atoms with Crippen LogP contribution >= 0.6 is 0 Å². The van der Waals surface area contributed by atoms with Crippen molar-refractivity contribution in [2.75, 3.05) is 0 Å². The van der Waals surface area contributed by atoms with Gasteiger partial charge in [0.15, 0.2) is 17.5 Å². The highest BCUT2D eigenvalue weighted by atomic mass is 15.0. The van der Waals surface area contributed by atoms with Gasteiger partial charge in [-0.1, -0.05) is 153 Å². The van der Waals surface area contributed by atoms with E-state index in [4.69, 9.17) is 15.0 Å². The van der Waals surface area contributed by atoms with Gasteiger partial charge in [-0.3, -0.25) is 0 Å². The molecular formula is C54H38N4. The van der Waals surface area contributed by atoms with Gasteiger partial charge in [0.1, 0.15) is 0 Å². The van der Waals surface area contributed by atoms with Crippen LogP contribution in [0.4, 0.5) is 0 Å². The van der Waals surface area contributed by atoms with E-state index in [9.17, 15) is 0 Å². The van der Waals surface area contributed by atoms with Crippen molar-refractivity contribution >= 4 is 21.8 Å². The van der Waals surface area contributed by atoms with Gasteiger partial charge in [-0.2, -0.15) is 0 Å². The molecule has 0 unspecified atom stereocenters. The van der Waals surface area contributed by atoms with Crippen LogP contribution in [0.3, 0.4) is 0 Å². The fourth-order valence-electron chi connectivity index (χ4n) is 8.94. The molecule has 11 rings (SSSR count). The number of para-hydroxylation sites is 2. The van der Waals surface area contributed by atoms with E-state index in [0.29, 0.717) is 17.5 Å². The molecule has 2 heterocycles. The molecule has 0 N–H and O–H groups in total. The minimum Gasteiger partial charge on any atom is -0.309 e. The molecule has 0 amide bonds. The summed E-state index contributed by atoms with van der Waals surface area (Å²) in [6.07, 6.45) is 0. The zero-order valence-corrected chi connectivity index (χ0v) is 32.3. The molecule has 0 radical (unpaired) electrons. The fraction of sp³-hybridized carbons (Fsp3) is 0.0556. The van der Waals surface area contributed by atoms with Crippen LogP contribution < -0.4 is 0 Å². The van der Waals surface area contributed by atoms with Crippen LogP contribution in [-0.4, -0.2) is 19.5 Å². The summed E-state index contributed by atoms with van der Waals surface area (Å²) in [5.41, 5.74) is 15.7. The van der Waals surface area contributed by atoms with Gasteiger partial charge < -0.3 is 4.57 Å². The summed E-state index contributed by atoms with van der Waals surface area (Å²) < 4.78 is 2.34. The van der Waals surface area contributed by atoms with Gasteiger partial charge in [0.25, 0.3) is 0 Å². The molecule has 0 saturated heterocycles. The molecule has 4 heteroatoms. The van der Waals surface area contributed by atoms with Gasteiger partial charge in [0, 0.05) is 38.6 Å². The zero-order chi connectivity index (χ0) is 38.8. The quantitative estimate of drug-likeness (QED) is 0.170. The Labute approximate surface area is 337 Å². The summed E-state index contributed by atoms with van der Waals surface area (Å²) in [4.78, 5) is 16.0. The first kappa shape index (κ1) is 33.9. The minimum absolute atomic E-state index is 0.273. The Kier molecular flexibility index (Phi) is 7.80. The maximum Gasteiger partial charge on any atom is 0.164 e. The lowest BCUT2D eigenvalue weighted by molar-refractivity contribution is 0.661. The maximum absolute atomic E-state index is 5.42. The van der Waals surface area contributed by atoms with E-state index >= 15 is 0 Å². The number of rotatable bonds is 6. The number of fused-ring (bicyclic) bond motifs is 6. The molecule has 1 aliphatic carbocycles. The van der Waals surface area contributed by atoms with Crippen molar-refractivity contribution in [3.8, 4) is 73.2 Å². The average Bonchev–Trinajstić information content (AvgIpc) is 3.74. The summed E-state index contributed by atoms with van der Waals surface area (Å²) in [6.45, 7) is 4.70. The second kappa shape index (κ2) is 13.4. The van der Waals surface area contributed by atoms with Crippen molar-refractivity contribution in [1.29, 1.82) is 0 Å². The summed E-state index contributed by atoms with van der Waals surface area (Å²) in [5.74, 6) is 1.93. The highest BCUT2D eigenvalue weighted by molar-refractivity contribution is 6.10. The van der Waals surface area contributed by atoms with Crippen molar-refractivity contribution in [2.45, 2.75) is 19.3 Å². The molecule has 8 aromatic carbocycles. The van der Waals surface area contributed by atoms with Crippen molar-refractivity contribution in [2.24, 2.45) is 0 Å². The van der Waals surface area contributed by atoms with E-state index in [1.54, 1.807) is 0 Å². The molecule has 1 aliphatic rings. The van der Waals surface area contributed by atoms with Gasteiger partial charge in [-0.15, -0.1) is 0 Å². The Balaban J connectivity index is 1.16. The van der Waals surface area contributed by atoms with E-state index < -0.39 is 0 Å². The SMILES string of the molecule is CC1(C)c2cc(-c3ccccc3)ccc2-c2c(-c3nc(-c4ccccc4)nc(-c4ccc5c(c4)c4ccccc4n5-c4ccccc4)n3)cc(-c3ccccc3)cc21. The molecule has 274 valence electrons. The number of benzene rings is 8. The van der Waals surface area contributed by atoms with Crippen LogP contribution in [0.5, 0.6) is 0 Å². The van der Waals surface area contributed by atoms with Crippen molar-refractivity contribution < 1.29 is 0 Å². The van der Waals surface area contributed by atoms with Crippen LogP contribution in [0, 0.1) is 0 Å². The third kappa shape index (κ3) is 5.48. The Bertz CT molecular complexity index is 3170. The zero-order valence-electron chi connectivity index (χ0n) is 32.3. The van der Waals surface area contributed by atoms with Crippen LogP contribution in [0.1, 0.15) is 25.0 Å². The second-order valence-corrected chi connectivity index (χ2v) is 15.7. The van der Waals surface area contributed by atoms with Crippen LogP contribution in [0.2, 0.25) is 0 Å². The first-order valence-electron chi connectivity index (χ1n) is 19.9. The van der Waals surface area contributed by atoms with Gasteiger partial charge in [-0.25, -0.2) is 15.0 Å². The Morgan fingerprint density at radius 1 is 0.362 bits per heavy atom. The molecule has 0 bridgehead atoms. The molecular weight excluding hydrogens is 705 g/mol. The molecule has 0 fully saturated rings. The summed E-state index contributed by atoms with van der Waals surface area (Å²) in [7, 11) is 0. The first-order valence-corrected chi connectivity index (χ1v) is 19.9. The molecule has 0 saturated carbocycles. The average molecular weight is 743 g/mol. The van der Waals surface area contributed by atoms with E-state index in [2.05, 4.69) is 194 Å². The lowest BCUT2D eigenvalue weighted by Crippen LogP contribution is -2.15. The smallest absolute Gasteiger partial charge is 0.164 e. The largest absolute Gasteiger partial charge is 0.309 e. The van der Waals surface area contributed by atoms with Crippen molar-refractivity contribution in [3.05, 3.63) is 205 Å². The van der Waals surface area contributed by atoms with Crippen LogP contribution in [-0.2, 0) is 5.41 Å². The number of hydrogen-bond donors (Lipinski definition) is 0. The predicted octanol–water partition coefficient (Wildman–Crippen LogP) is 13.6. The fourth-order valence-corrected chi connectivity index (χ4v) is 8.94. The van der Waals surface area contributed by atoms with E-state index in [1.165, 1.54) is 38.8 Å². The molecule has 0 spiro atoms. The number of nitrogens with zero attached hydrogens (tertiary/aromatic N) is 4. The Hall–Kier alpha value is -7.43. The van der Waals surface area contributed by atoms with Gasteiger partial charge >= 0.3 is 0 Å². The summed E-state index contributed by atoms with van der Waals surface area (Å²) >= 11 is 0. The number of aromatic nitrogens is 4. The third-order valence-corrected chi connectivity index (χ3v) is 11.8.